The van der Waals surface area contributed by atoms with Crippen LogP contribution in [0.5, 0.6) is 5.75 Å². The number of aromatic nitrogens is 3. The molecule has 0 radical (unpaired) electrons. The largest absolute Gasteiger partial charge is 0.495 e. The van der Waals surface area contributed by atoms with E-state index in [1.165, 1.54) is 0 Å². The molecule has 4 aromatic rings. The Labute approximate surface area is 168 Å². The van der Waals surface area contributed by atoms with Crippen molar-refractivity contribution in [1.29, 1.82) is 0 Å². The molecule has 2 heterocycles. The van der Waals surface area contributed by atoms with Crippen LogP contribution in [0.15, 0.2) is 66.9 Å². The number of methoxy groups -OCH3 is 1. The lowest BCUT2D eigenvalue weighted by molar-refractivity contribution is 0.415. The normalized spacial score (nSPS) is 10.8. The highest BCUT2D eigenvalue weighted by molar-refractivity contribution is 6.32. The molecule has 1 N–H and O–H groups in total. The van der Waals surface area contributed by atoms with E-state index in [4.69, 9.17) is 16.3 Å². The number of halogens is 1. The molecular weight excluding hydrogens is 372 g/mol. The first kappa shape index (κ1) is 18.2. The number of nitrogens with one attached hydrogen (secondary N) is 1. The molecule has 0 aliphatic carbocycles. The molecule has 2 aromatic carbocycles. The lowest BCUT2D eigenvalue weighted by Gasteiger charge is -2.11. The number of ether oxygens (including phenoxy) is 1. The molecule has 5 nitrogen and oxygen atoms in total. The third-order valence-corrected chi connectivity index (χ3v) is 4.81. The van der Waals surface area contributed by atoms with E-state index in [1.54, 1.807) is 13.3 Å². The van der Waals surface area contributed by atoms with Gasteiger partial charge in [0.2, 0.25) is 0 Å². The van der Waals surface area contributed by atoms with Crippen LogP contribution >= 0.6 is 11.6 Å². The van der Waals surface area contributed by atoms with Gasteiger partial charge in [0.05, 0.1) is 17.8 Å². The molecule has 0 amide bonds. The molecule has 0 atom stereocenters. The van der Waals surface area contributed by atoms with Crippen LogP contribution in [-0.4, -0.2) is 28.8 Å². The Balaban J connectivity index is 1.56. The van der Waals surface area contributed by atoms with Gasteiger partial charge in [0.1, 0.15) is 11.4 Å². The van der Waals surface area contributed by atoms with Crippen molar-refractivity contribution in [3.8, 4) is 17.1 Å². The number of hydrogen-bond acceptors (Lipinski definition) is 5. The third kappa shape index (κ3) is 3.75. The topological polar surface area (TPSA) is 59.9 Å². The van der Waals surface area contributed by atoms with Crippen LogP contribution in [0.1, 0.15) is 5.56 Å². The van der Waals surface area contributed by atoms with Gasteiger partial charge in [-0.1, -0.05) is 48.0 Å². The lowest BCUT2D eigenvalue weighted by Crippen LogP contribution is -2.08. The third-order valence-electron chi connectivity index (χ3n) is 4.52. The average molecular weight is 391 g/mol. The predicted molar refractivity (Wildman–Crippen MR) is 113 cm³/mol. The summed E-state index contributed by atoms with van der Waals surface area (Å²) < 4.78 is 5.20. The van der Waals surface area contributed by atoms with Crippen LogP contribution in [0.4, 0.5) is 5.82 Å². The summed E-state index contributed by atoms with van der Waals surface area (Å²) in [7, 11) is 1.61. The number of benzene rings is 2. The molecule has 0 saturated carbocycles. The van der Waals surface area contributed by atoms with Gasteiger partial charge in [-0.15, -0.1) is 10.2 Å². The van der Waals surface area contributed by atoms with E-state index in [1.807, 2.05) is 60.7 Å². The molecule has 0 fully saturated rings. The Kier molecular flexibility index (Phi) is 5.35. The Bertz CT molecular complexity index is 1100. The maximum absolute atomic E-state index is 6.21. The number of hydrogen-bond donors (Lipinski definition) is 1. The number of fused-ring (bicyclic) bond motifs is 1. The van der Waals surface area contributed by atoms with Crippen molar-refractivity contribution in [1.82, 2.24) is 15.2 Å². The highest BCUT2D eigenvalue weighted by Gasteiger charge is 2.11. The Morgan fingerprint density at radius 2 is 1.79 bits per heavy atom. The van der Waals surface area contributed by atoms with Crippen LogP contribution in [0, 0.1) is 0 Å². The van der Waals surface area contributed by atoms with Gasteiger partial charge in [0.15, 0.2) is 5.82 Å². The SMILES string of the molecule is COc1ccc(CCNc2nnc(-c3ccccn3)c3ccccc23)cc1Cl. The van der Waals surface area contributed by atoms with Gasteiger partial charge in [-0.05, 0) is 36.2 Å². The zero-order valence-electron chi connectivity index (χ0n) is 15.4. The fourth-order valence-corrected chi connectivity index (χ4v) is 3.40. The zero-order valence-corrected chi connectivity index (χ0v) is 16.1. The van der Waals surface area contributed by atoms with Crippen molar-refractivity contribution in [2.24, 2.45) is 0 Å². The van der Waals surface area contributed by atoms with E-state index >= 15 is 0 Å². The maximum atomic E-state index is 6.21. The zero-order chi connectivity index (χ0) is 19.3. The molecule has 0 bridgehead atoms. The van der Waals surface area contributed by atoms with Gasteiger partial charge in [-0.2, -0.15) is 0 Å². The molecule has 0 spiro atoms. The maximum Gasteiger partial charge on any atom is 0.156 e. The molecule has 6 heteroatoms. The summed E-state index contributed by atoms with van der Waals surface area (Å²) in [6, 6.07) is 19.7. The Morgan fingerprint density at radius 3 is 2.54 bits per heavy atom. The molecule has 140 valence electrons. The van der Waals surface area contributed by atoms with Gasteiger partial charge >= 0.3 is 0 Å². The quantitative estimate of drug-likeness (QED) is 0.501. The fraction of sp³-hybridized carbons (Fsp3) is 0.136. The Hall–Kier alpha value is -3.18. The standard InChI is InChI=1S/C22H19ClN4O/c1-28-20-10-9-15(14-18(20)23)11-13-25-22-17-7-3-2-6-16(17)21(26-27-22)19-8-4-5-12-24-19/h2-10,12,14H,11,13H2,1H3,(H,25,27). The summed E-state index contributed by atoms with van der Waals surface area (Å²) in [5, 5.41) is 14.9. The van der Waals surface area contributed by atoms with Crippen molar-refractivity contribution in [2.75, 3.05) is 19.0 Å². The van der Waals surface area contributed by atoms with Gasteiger partial charge in [-0.25, -0.2) is 0 Å². The van der Waals surface area contributed by atoms with Crippen molar-refractivity contribution in [3.05, 3.63) is 77.4 Å². The summed E-state index contributed by atoms with van der Waals surface area (Å²) in [6.07, 6.45) is 2.57. The number of pyridine rings is 1. The summed E-state index contributed by atoms with van der Waals surface area (Å²) >= 11 is 6.21. The fourth-order valence-electron chi connectivity index (χ4n) is 3.12. The average Bonchev–Trinajstić information content (AvgIpc) is 2.74. The smallest absolute Gasteiger partial charge is 0.156 e. The van der Waals surface area contributed by atoms with Crippen LogP contribution < -0.4 is 10.1 Å². The second-order valence-electron chi connectivity index (χ2n) is 6.30. The van der Waals surface area contributed by atoms with Crippen LogP contribution in [0.3, 0.4) is 0 Å². The van der Waals surface area contributed by atoms with Crippen LogP contribution in [-0.2, 0) is 6.42 Å². The number of rotatable bonds is 6. The first-order valence-corrected chi connectivity index (χ1v) is 9.37. The van der Waals surface area contributed by atoms with Crippen molar-refractivity contribution in [3.63, 3.8) is 0 Å². The van der Waals surface area contributed by atoms with E-state index < -0.39 is 0 Å². The summed E-state index contributed by atoms with van der Waals surface area (Å²) in [5.74, 6) is 1.44. The molecule has 0 saturated heterocycles. The van der Waals surface area contributed by atoms with Crippen molar-refractivity contribution < 1.29 is 4.74 Å². The van der Waals surface area contributed by atoms with Gasteiger partial charge in [0, 0.05) is 23.5 Å². The second kappa shape index (κ2) is 8.23. The minimum atomic E-state index is 0.616. The molecule has 28 heavy (non-hydrogen) atoms. The highest BCUT2D eigenvalue weighted by Crippen LogP contribution is 2.29. The minimum absolute atomic E-state index is 0.616. The summed E-state index contributed by atoms with van der Waals surface area (Å²) in [4.78, 5) is 4.41. The first-order chi connectivity index (χ1) is 13.8. The summed E-state index contributed by atoms with van der Waals surface area (Å²) in [5.41, 5.74) is 2.72. The molecule has 0 aliphatic heterocycles. The molecule has 4 rings (SSSR count). The number of anilines is 1. The minimum Gasteiger partial charge on any atom is -0.495 e. The van der Waals surface area contributed by atoms with Gasteiger partial charge in [0.25, 0.3) is 0 Å². The van der Waals surface area contributed by atoms with E-state index in [2.05, 4.69) is 20.5 Å². The number of nitrogens with zero attached hydrogens (tertiary/aromatic N) is 3. The highest BCUT2D eigenvalue weighted by atomic mass is 35.5. The monoisotopic (exact) mass is 390 g/mol. The molecular formula is C22H19ClN4O. The van der Waals surface area contributed by atoms with E-state index in [-0.39, 0.29) is 0 Å². The molecule has 0 unspecified atom stereocenters. The lowest BCUT2D eigenvalue weighted by atomic mass is 10.1. The van der Waals surface area contributed by atoms with Crippen molar-refractivity contribution >= 4 is 28.2 Å². The van der Waals surface area contributed by atoms with Gasteiger partial charge < -0.3 is 10.1 Å². The van der Waals surface area contributed by atoms with Gasteiger partial charge in [-0.3, -0.25) is 4.98 Å². The molecule has 0 aliphatic rings. The predicted octanol–water partition coefficient (Wildman–Crippen LogP) is 5.01. The van der Waals surface area contributed by atoms with E-state index in [9.17, 15) is 0 Å². The van der Waals surface area contributed by atoms with Crippen LogP contribution in [0.25, 0.3) is 22.2 Å². The first-order valence-electron chi connectivity index (χ1n) is 8.99. The van der Waals surface area contributed by atoms with E-state index in [0.717, 1.165) is 40.0 Å². The van der Waals surface area contributed by atoms with Crippen molar-refractivity contribution in [2.45, 2.75) is 6.42 Å². The summed E-state index contributed by atoms with van der Waals surface area (Å²) in [6.45, 7) is 0.713. The van der Waals surface area contributed by atoms with Crippen LogP contribution in [0.2, 0.25) is 5.02 Å². The Morgan fingerprint density at radius 1 is 0.964 bits per heavy atom. The second-order valence-corrected chi connectivity index (χ2v) is 6.71. The van der Waals surface area contributed by atoms with E-state index in [0.29, 0.717) is 17.3 Å². The molecule has 2 aromatic heterocycles.